The first-order chi connectivity index (χ1) is 12.2. The molecule has 25 heavy (non-hydrogen) atoms. The molecular weight excluding hydrogens is 334 g/mol. The highest BCUT2D eigenvalue weighted by molar-refractivity contribution is 7.09. The number of rotatable bonds is 4. The van der Waals surface area contributed by atoms with Crippen molar-refractivity contribution in [3.05, 3.63) is 40.5 Å². The van der Waals surface area contributed by atoms with Gasteiger partial charge in [0.15, 0.2) is 0 Å². The van der Waals surface area contributed by atoms with Gasteiger partial charge in [-0.25, -0.2) is 9.97 Å². The highest BCUT2D eigenvalue weighted by atomic mass is 32.1. The molecule has 134 valence electrons. The Morgan fingerprint density at radius 2 is 1.96 bits per heavy atom. The largest absolute Gasteiger partial charge is 0.383 e. The third-order valence-electron chi connectivity index (χ3n) is 5.16. The minimum absolute atomic E-state index is 0.738. The van der Waals surface area contributed by atoms with Gasteiger partial charge in [0.25, 0.3) is 0 Å². The number of nitrogens with one attached hydrogen (secondary N) is 1. The second-order valence-corrected chi connectivity index (χ2v) is 7.80. The van der Waals surface area contributed by atoms with Gasteiger partial charge in [-0.3, -0.25) is 4.90 Å². The van der Waals surface area contributed by atoms with Gasteiger partial charge in [0.05, 0.1) is 12.2 Å². The molecule has 2 aromatic rings. The maximum absolute atomic E-state index is 10.8. The summed E-state index contributed by atoms with van der Waals surface area (Å²) in [4.78, 5) is 14.0. The Morgan fingerprint density at radius 3 is 2.68 bits per heavy atom. The molecule has 2 aliphatic rings. The summed E-state index contributed by atoms with van der Waals surface area (Å²) in [5, 5.41) is 17.2. The number of thiazole rings is 1. The Morgan fingerprint density at radius 1 is 1.16 bits per heavy atom. The molecule has 0 aromatic carbocycles. The first-order valence-electron chi connectivity index (χ1n) is 8.99. The average Bonchev–Trinajstić information content (AvgIpc) is 3.13. The van der Waals surface area contributed by atoms with Gasteiger partial charge in [0, 0.05) is 37.8 Å². The van der Waals surface area contributed by atoms with Gasteiger partial charge in [-0.15, -0.1) is 11.3 Å². The number of piperidine rings is 1. The molecule has 2 N–H and O–H groups in total. The SMILES string of the molecule is OC1(c2csc(CN3CCN(c4ccccn4)CC3)n2)CCNCC1. The van der Waals surface area contributed by atoms with Crippen molar-refractivity contribution in [2.24, 2.45) is 0 Å². The lowest BCUT2D eigenvalue weighted by Crippen LogP contribution is -2.46. The van der Waals surface area contributed by atoms with E-state index < -0.39 is 5.60 Å². The molecule has 4 heterocycles. The highest BCUT2D eigenvalue weighted by Crippen LogP contribution is 2.31. The summed E-state index contributed by atoms with van der Waals surface area (Å²) in [5.41, 5.74) is 0.124. The van der Waals surface area contributed by atoms with Crippen LogP contribution in [0.3, 0.4) is 0 Å². The van der Waals surface area contributed by atoms with Crippen LogP contribution < -0.4 is 10.2 Å². The molecule has 0 amide bonds. The molecule has 2 aliphatic heterocycles. The fraction of sp³-hybridized carbons (Fsp3) is 0.556. The van der Waals surface area contributed by atoms with Crippen LogP contribution in [0.2, 0.25) is 0 Å². The standard InChI is InChI=1S/C18H25N5OS/c24-18(4-7-19-8-5-18)15-14-25-17(21-15)13-22-9-11-23(12-10-22)16-3-1-2-6-20-16/h1-3,6,14,19,24H,4-5,7-13H2. The molecule has 0 saturated carbocycles. The summed E-state index contributed by atoms with van der Waals surface area (Å²) >= 11 is 1.67. The van der Waals surface area contributed by atoms with E-state index in [4.69, 9.17) is 4.98 Å². The van der Waals surface area contributed by atoms with Crippen LogP contribution in [0.1, 0.15) is 23.5 Å². The number of nitrogens with zero attached hydrogens (tertiary/aromatic N) is 4. The van der Waals surface area contributed by atoms with E-state index in [2.05, 4.69) is 26.2 Å². The number of pyridine rings is 1. The van der Waals surface area contributed by atoms with Crippen LogP contribution in [0.25, 0.3) is 0 Å². The number of hydrogen-bond acceptors (Lipinski definition) is 7. The van der Waals surface area contributed by atoms with Crippen LogP contribution in [0.4, 0.5) is 5.82 Å². The smallest absolute Gasteiger partial charge is 0.128 e. The first-order valence-corrected chi connectivity index (χ1v) is 9.87. The van der Waals surface area contributed by atoms with E-state index in [9.17, 15) is 5.11 Å². The van der Waals surface area contributed by atoms with E-state index in [0.29, 0.717) is 0 Å². The van der Waals surface area contributed by atoms with E-state index in [1.54, 1.807) is 11.3 Å². The molecule has 7 heteroatoms. The lowest BCUT2D eigenvalue weighted by Gasteiger charge is -2.35. The molecular formula is C18H25N5OS. The number of hydrogen-bond donors (Lipinski definition) is 2. The Kier molecular flexibility index (Phi) is 4.98. The normalized spacial score (nSPS) is 21.4. The molecule has 2 aromatic heterocycles. The van der Waals surface area contributed by atoms with E-state index in [1.807, 2.05) is 23.7 Å². The van der Waals surface area contributed by atoms with Gasteiger partial charge in [0.2, 0.25) is 0 Å². The summed E-state index contributed by atoms with van der Waals surface area (Å²) in [6, 6.07) is 6.07. The zero-order valence-corrected chi connectivity index (χ0v) is 15.2. The van der Waals surface area contributed by atoms with Crippen LogP contribution in [0.5, 0.6) is 0 Å². The van der Waals surface area contributed by atoms with Crippen LogP contribution in [0.15, 0.2) is 29.8 Å². The summed E-state index contributed by atoms with van der Waals surface area (Å²) < 4.78 is 0. The van der Waals surface area contributed by atoms with Gasteiger partial charge >= 0.3 is 0 Å². The first kappa shape index (κ1) is 16.9. The third kappa shape index (κ3) is 3.84. The predicted molar refractivity (Wildman–Crippen MR) is 99.8 cm³/mol. The molecule has 0 atom stereocenters. The Balaban J connectivity index is 1.33. The summed E-state index contributed by atoms with van der Waals surface area (Å²) in [6.45, 7) is 6.60. The second-order valence-electron chi connectivity index (χ2n) is 6.86. The predicted octanol–water partition coefficient (Wildman–Crippen LogP) is 1.43. The van der Waals surface area contributed by atoms with Crippen LogP contribution in [-0.4, -0.2) is 59.2 Å². The molecule has 6 nitrogen and oxygen atoms in total. The molecule has 4 rings (SSSR count). The van der Waals surface area contributed by atoms with Gasteiger partial charge in [-0.2, -0.15) is 0 Å². The zero-order valence-electron chi connectivity index (χ0n) is 14.4. The molecule has 2 saturated heterocycles. The third-order valence-corrected chi connectivity index (χ3v) is 6.00. The quantitative estimate of drug-likeness (QED) is 0.861. The highest BCUT2D eigenvalue weighted by Gasteiger charge is 2.33. The average molecular weight is 359 g/mol. The zero-order chi connectivity index (χ0) is 17.1. The van der Waals surface area contributed by atoms with Crippen LogP contribution in [-0.2, 0) is 12.1 Å². The van der Waals surface area contributed by atoms with Crippen molar-refractivity contribution in [1.29, 1.82) is 0 Å². The van der Waals surface area contributed by atoms with E-state index in [1.165, 1.54) is 0 Å². The van der Waals surface area contributed by atoms with E-state index in [0.717, 1.165) is 75.2 Å². The second kappa shape index (κ2) is 7.37. The van der Waals surface area contributed by atoms with Crippen molar-refractivity contribution < 1.29 is 5.11 Å². The summed E-state index contributed by atoms with van der Waals surface area (Å²) in [6.07, 6.45) is 3.35. The lowest BCUT2D eigenvalue weighted by atomic mass is 9.90. The maximum atomic E-state index is 10.8. The molecule has 0 aliphatic carbocycles. The van der Waals surface area contributed by atoms with Crippen molar-refractivity contribution in [1.82, 2.24) is 20.2 Å². The number of aliphatic hydroxyl groups is 1. The Labute approximate surface area is 152 Å². The van der Waals surface area contributed by atoms with E-state index in [-0.39, 0.29) is 0 Å². The number of anilines is 1. The van der Waals surface area contributed by atoms with Gasteiger partial charge < -0.3 is 15.3 Å². The lowest BCUT2D eigenvalue weighted by molar-refractivity contribution is 0.00222. The van der Waals surface area contributed by atoms with Gasteiger partial charge in [-0.1, -0.05) is 6.07 Å². The number of aromatic nitrogens is 2. The van der Waals surface area contributed by atoms with Gasteiger partial charge in [0.1, 0.15) is 16.4 Å². The van der Waals surface area contributed by atoms with Crippen molar-refractivity contribution in [2.75, 3.05) is 44.2 Å². The molecule has 0 spiro atoms. The van der Waals surface area contributed by atoms with Crippen molar-refractivity contribution in [3.8, 4) is 0 Å². The van der Waals surface area contributed by atoms with Crippen molar-refractivity contribution >= 4 is 17.2 Å². The van der Waals surface area contributed by atoms with Gasteiger partial charge in [-0.05, 0) is 38.1 Å². The topological polar surface area (TPSA) is 64.5 Å². The van der Waals surface area contributed by atoms with Crippen molar-refractivity contribution in [2.45, 2.75) is 25.0 Å². The number of piperazine rings is 1. The molecule has 2 fully saturated rings. The monoisotopic (exact) mass is 359 g/mol. The Bertz CT molecular complexity index is 678. The molecule has 0 unspecified atom stereocenters. The fourth-order valence-corrected chi connectivity index (χ4v) is 4.49. The van der Waals surface area contributed by atoms with Crippen LogP contribution >= 0.6 is 11.3 Å². The maximum Gasteiger partial charge on any atom is 0.128 e. The molecule has 0 radical (unpaired) electrons. The fourth-order valence-electron chi connectivity index (χ4n) is 3.56. The summed E-state index contributed by atoms with van der Waals surface area (Å²) in [5.74, 6) is 1.06. The minimum Gasteiger partial charge on any atom is -0.383 e. The minimum atomic E-state index is -0.738. The van der Waals surface area contributed by atoms with E-state index >= 15 is 0 Å². The van der Waals surface area contributed by atoms with Crippen molar-refractivity contribution in [3.63, 3.8) is 0 Å². The summed E-state index contributed by atoms with van der Waals surface area (Å²) in [7, 11) is 0. The Hall–Kier alpha value is -1.54. The molecule has 0 bridgehead atoms. The van der Waals surface area contributed by atoms with Crippen LogP contribution in [0, 0.1) is 0 Å².